The van der Waals surface area contributed by atoms with Gasteiger partial charge in [-0.15, -0.1) is 0 Å². The van der Waals surface area contributed by atoms with E-state index in [9.17, 15) is 9.59 Å². The van der Waals surface area contributed by atoms with Crippen LogP contribution in [0.2, 0.25) is 0 Å². The minimum Gasteiger partial charge on any atom is -0.480 e. The van der Waals surface area contributed by atoms with Gasteiger partial charge in [-0.3, -0.25) is 9.79 Å². The average Bonchev–Trinajstić information content (AvgIpc) is 2.77. The molecule has 3 aromatic carbocycles. The number of nitrogens with zero attached hydrogens (tertiary/aromatic N) is 1. The molecular weight excluding hydrogens is 394 g/mol. The Morgan fingerprint density at radius 2 is 1.58 bits per heavy atom. The lowest BCUT2D eigenvalue weighted by atomic mass is 10.1. The number of benzene rings is 3. The summed E-state index contributed by atoms with van der Waals surface area (Å²) in [7, 11) is 0. The molecule has 0 fully saturated rings. The van der Waals surface area contributed by atoms with Gasteiger partial charge in [0.2, 0.25) is 0 Å². The maximum atomic E-state index is 11.9. The van der Waals surface area contributed by atoms with Gasteiger partial charge in [-0.1, -0.05) is 54.6 Å². The number of nitrogens with two attached hydrogens (primary N) is 3. The summed E-state index contributed by atoms with van der Waals surface area (Å²) in [6, 6.07) is 21.5. The van der Waals surface area contributed by atoms with E-state index in [1.807, 2.05) is 30.3 Å². The number of anilines is 1. The average molecular weight is 422 g/mol. The summed E-state index contributed by atoms with van der Waals surface area (Å²) in [6.07, 6.45) is 0.717. The molecule has 1 atom stereocenters. The largest absolute Gasteiger partial charge is 0.480 e. The predicted molar refractivity (Wildman–Crippen MR) is 124 cm³/mol. The molecular formula is C23H27N5O3. The molecule has 0 aliphatic carbocycles. The van der Waals surface area contributed by atoms with Crippen molar-refractivity contribution in [1.82, 2.24) is 5.32 Å². The van der Waals surface area contributed by atoms with Crippen LogP contribution < -0.4 is 22.5 Å². The Balaban J connectivity index is 0.000000258. The van der Waals surface area contributed by atoms with E-state index in [0.717, 1.165) is 11.1 Å². The third kappa shape index (κ3) is 7.69. The molecule has 8 N–H and O–H groups in total. The number of carbonyl (C=O) groups is 2. The predicted octanol–water partition coefficient (Wildman–Crippen LogP) is 2.35. The number of guanidine groups is 1. The van der Waals surface area contributed by atoms with E-state index in [0.29, 0.717) is 18.5 Å². The summed E-state index contributed by atoms with van der Waals surface area (Å²) in [4.78, 5) is 26.7. The number of carboxylic acid groups (broad SMARTS) is 1. The third-order valence-corrected chi connectivity index (χ3v) is 4.41. The van der Waals surface area contributed by atoms with Crippen LogP contribution in [-0.4, -0.2) is 35.5 Å². The number of fused-ring (bicyclic) bond motifs is 1. The topological polar surface area (TPSA) is 157 Å². The number of rotatable bonds is 7. The highest BCUT2D eigenvalue weighted by atomic mass is 16.4. The van der Waals surface area contributed by atoms with Crippen molar-refractivity contribution in [2.75, 3.05) is 12.3 Å². The number of carboxylic acids is 1. The maximum absolute atomic E-state index is 11.9. The van der Waals surface area contributed by atoms with Gasteiger partial charge in [-0.25, -0.2) is 4.79 Å². The zero-order chi connectivity index (χ0) is 22.6. The lowest BCUT2D eigenvalue weighted by molar-refractivity contribution is -0.139. The first kappa shape index (κ1) is 23.2. The van der Waals surface area contributed by atoms with Gasteiger partial charge in [-0.2, -0.15) is 0 Å². The highest BCUT2D eigenvalue weighted by molar-refractivity contribution is 5.96. The van der Waals surface area contributed by atoms with E-state index in [4.69, 9.17) is 22.3 Å². The monoisotopic (exact) mass is 421 g/mol. The van der Waals surface area contributed by atoms with Crippen LogP contribution >= 0.6 is 0 Å². The second kappa shape index (κ2) is 11.8. The lowest BCUT2D eigenvalue weighted by Crippen LogP contribution is -2.40. The number of aliphatic imine (C=N–C) groups is 1. The van der Waals surface area contributed by atoms with Crippen LogP contribution in [0.15, 0.2) is 77.8 Å². The molecule has 0 radical (unpaired) electrons. The molecule has 0 bridgehead atoms. The fourth-order valence-corrected chi connectivity index (χ4v) is 2.84. The van der Waals surface area contributed by atoms with Crippen LogP contribution in [0, 0.1) is 0 Å². The fourth-order valence-electron chi connectivity index (χ4n) is 2.84. The van der Waals surface area contributed by atoms with Crippen LogP contribution in [0.5, 0.6) is 0 Å². The maximum Gasteiger partial charge on any atom is 0.326 e. The smallest absolute Gasteiger partial charge is 0.326 e. The molecule has 0 aliphatic rings. The highest BCUT2D eigenvalue weighted by Gasteiger charge is 2.19. The number of nitrogen functional groups attached to an aromatic ring is 1. The zero-order valence-electron chi connectivity index (χ0n) is 17.1. The van der Waals surface area contributed by atoms with Crippen molar-refractivity contribution in [3.8, 4) is 0 Å². The Morgan fingerprint density at radius 3 is 2.23 bits per heavy atom. The van der Waals surface area contributed by atoms with E-state index >= 15 is 0 Å². The summed E-state index contributed by atoms with van der Waals surface area (Å²) in [5.41, 5.74) is 17.4. The first-order chi connectivity index (χ1) is 14.9. The van der Waals surface area contributed by atoms with Crippen molar-refractivity contribution in [1.29, 1.82) is 0 Å². The van der Waals surface area contributed by atoms with Gasteiger partial charge in [0.25, 0.3) is 5.91 Å². The molecule has 31 heavy (non-hydrogen) atoms. The van der Waals surface area contributed by atoms with E-state index < -0.39 is 17.9 Å². The third-order valence-electron chi connectivity index (χ3n) is 4.41. The first-order valence-electron chi connectivity index (χ1n) is 9.76. The normalized spacial score (nSPS) is 11.0. The lowest BCUT2D eigenvalue weighted by Gasteiger charge is -2.14. The molecule has 3 rings (SSSR count). The van der Waals surface area contributed by atoms with Gasteiger partial charge >= 0.3 is 5.97 Å². The number of nitrogens with one attached hydrogen (secondary N) is 1. The van der Waals surface area contributed by atoms with Gasteiger partial charge in [0.15, 0.2) is 5.96 Å². The Hall–Kier alpha value is -4.07. The highest BCUT2D eigenvalue weighted by Crippen LogP contribution is 2.19. The second-order valence-electron chi connectivity index (χ2n) is 6.75. The molecule has 3 aromatic rings. The molecule has 8 nitrogen and oxygen atoms in total. The molecule has 0 unspecified atom stereocenters. The number of aliphatic carboxylic acids is 1. The molecule has 0 aliphatic heterocycles. The van der Waals surface area contributed by atoms with Crippen molar-refractivity contribution < 1.29 is 14.7 Å². The molecule has 0 spiro atoms. The minimum absolute atomic E-state index is 0.0369. The summed E-state index contributed by atoms with van der Waals surface area (Å²) in [5.74, 6) is -1.54. The standard InChI is InChI=1S/C13H18N4O3.C10H9N/c14-13(15)16-8-4-7-10(12(19)20)17-11(18)9-5-2-1-3-6-9;11-10-7-3-5-8-4-1-2-6-9(8)10/h1-3,5-6,10H,4,7-8H2,(H,17,18)(H,19,20)(H4,14,15,16);1-7H,11H2/t10-;/m0./s1. The fraction of sp³-hybridized carbons (Fsp3) is 0.174. The van der Waals surface area contributed by atoms with E-state index in [1.54, 1.807) is 30.3 Å². The van der Waals surface area contributed by atoms with Gasteiger partial charge in [0.1, 0.15) is 6.04 Å². The van der Waals surface area contributed by atoms with Crippen LogP contribution in [0.3, 0.4) is 0 Å². The molecule has 0 aromatic heterocycles. The molecule has 0 heterocycles. The second-order valence-corrected chi connectivity index (χ2v) is 6.75. The van der Waals surface area contributed by atoms with Crippen LogP contribution in [0.4, 0.5) is 5.69 Å². The summed E-state index contributed by atoms with van der Waals surface area (Å²) >= 11 is 0. The van der Waals surface area contributed by atoms with Gasteiger partial charge in [0, 0.05) is 23.2 Å². The summed E-state index contributed by atoms with van der Waals surface area (Å²) in [6.45, 7) is 0.327. The van der Waals surface area contributed by atoms with Crippen LogP contribution in [-0.2, 0) is 4.79 Å². The SMILES string of the molecule is NC(N)=NCCC[C@H](NC(=O)c1ccccc1)C(=O)O.Nc1cccc2ccccc12. The van der Waals surface area contributed by atoms with Gasteiger partial charge < -0.3 is 27.6 Å². The van der Waals surface area contributed by atoms with Crippen molar-refractivity contribution in [2.45, 2.75) is 18.9 Å². The molecule has 8 heteroatoms. The Labute approximate surface area is 180 Å². The zero-order valence-corrected chi connectivity index (χ0v) is 17.1. The Morgan fingerprint density at radius 1 is 0.935 bits per heavy atom. The molecule has 1 amide bonds. The number of hydrogen-bond donors (Lipinski definition) is 5. The Kier molecular flexibility index (Phi) is 8.85. The quantitative estimate of drug-likeness (QED) is 0.171. The number of amides is 1. The van der Waals surface area contributed by atoms with Gasteiger partial charge in [-0.05, 0) is 36.4 Å². The van der Waals surface area contributed by atoms with Crippen molar-refractivity contribution in [3.63, 3.8) is 0 Å². The van der Waals surface area contributed by atoms with E-state index in [-0.39, 0.29) is 12.4 Å². The summed E-state index contributed by atoms with van der Waals surface area (Å²) < 4.78 is 0. The van der Waals surface area contributed by atoms with Crippen LogP contribution in [0.1, 0.15) is 23.2 Å². The Bertz CT molecular complexity index is 1030. The molecule has 162 valence electrons. The summed E-state index contributed by atoms with van der Waals surface area (Å²) in [5, 5.41) is 13.9. The first-order valence-corrected chi connectivity index (χ1v) is 9.76. The van der Waals surface area contributed by atoms with E-state index in [2.05, 4.69) is 22.4 Å². The molecule has 0 saturated carbocycles. The number of carbonyl (C=O) groups excluding carboxylic acids is 1. The van der Waals surface area contributed by atoms with Crippen LogP contribution in [0.25, 0.3) is 10.8 Å². The van der Waals surface area contributed by atoms with Gasteiger partial charge in [0.05, 0.1) is 0 Å². The van der Waals surface area contributed by atoms with Crippen molar-refractivity contribution >= 4 is 34.3 Å². The number of hydrogen-bond acceptors (Lipinski definition) is 4. The minimum atomic E-state index is -1.08. The van der Waals surface area contributed by atoms with Crippen molar-refractivity contribution in [3.05, 3.63) is 78.4 Å². The molecule has 0 saturated heterocycles. The van der Waals surface area contributed by atoms with E-state index in [1.165, 1.54) is 5.39 Å². The van der Waals surface area contributed by atoms with Crippen molar-refractivity contribution in [2.24, 2.45) is 16.5 Å².